The van der Waals surface area contributed by atoms with Gasteiger partial charge in [-0.3, -0.25) is 9.59 Å². The third-order valence-corrected chi connectivity index (χ3v) is 4.32. The topological polar surface area (TPSA) is 46.6 Å². The number of amides is 1. The highest BCUT2D eigenvalue weighted by atomic mass is 79.9. The summed E-state index contributed by atoms with van der Waals surface area (Å²) in [5, 5.41) is 0. The molecule has 1 aromatic carbocycles. The first kappa shape index (κ1) is 13.7. The number of anilines is 1. The van der Waals surface area contributed by atoms with Crippen LogP contribution in [0.1, 0.15) is 29.6 Å². The van der Waals surface area contributed by atoms with Gasteiger partial charge in [-0.25, -0.2) is 4.39 Å². The Balaban J connectivity index is 1.83. The van der Waals surface area contributed by atoms with Gasteiger partial charge < -0.3 is 9.64 Å². The van der Waals surface area contributed by atoms with E-state index in [1.807, 2.05) is 0 Å². The van der Waals surface area contributed by atoms with Gasteiger partial charge in [-0.1, -0.05) is 0 Å². The number of nitrogens with zero attached hydrogens (tertiary/aromatic N) is 1. The second kappa shape index (κ2) is 5.26. The fourth-order valence-corrected chi connectivity index (χ4v) is 3.00. The minimum atomic E-state index is -0.588. The maximum absolute atomic E-state index is 13.6. The van der Waals surface area contributed by atoms with Crippen molar-refractivity contribution in [1.82, 2.24) is 0 Å². The van der Waals surface area contributed by atoms with Gasteiger partial charge in [0.2, 0.25) is 0 Å². The van der Waals surface area contributed by atoms with Gasteiger partial charge in [0.1, 0.15) is 5.82 Å². The number of hydrogen-bond donors (Lipinski definition) is 0. The van der Waals surface area contributed by atoms with Crippen LogP contribution in [0.2, 0.25) is 0 Å². The van der Waals surface area contributed by atoms with E-state index in [0.29, 0.717) is 18.7 Å². The van der Waals surface area contributed by atoms with E-state index in [9.17, 15) is 14.0 Å². The van der Waals surface area contributed by atoms with Crippen molar-refractivity contribution in [3.8, 4) is 0 Å². The lowest BCUT2D eigenvalue weighted by Gasteiger charge is -2.18. The molecule has 1 atom stereocenters. The van der Waals surface area contributed by atoms with Gasteiger partial charge in [0.15, 0.2) is 0 Å². The fraction of sp³-hybridized carbons (Fsp3) is 0.429. The van der Waals surface area contributed by atoms with E-state index in [1.54, 1.807) is 0 Å². The van der Waals surface area contributed by atoms with Crippen LogP contribution >= 0.6 is 15.9 Å². The normalized spacial score (nSPS) is 21.7. The van der Waals surface area contributed by atoms with Crippen LogP contribution in [0.3, 0.4) is 0 Å². The molecule has 0 aliphatic carbocycles. The van der Waals surface area contributed by atoms with Gasteiger partial charge in [-0.05, 0) is 47.3 Å². The molecule has 0 N–H and O–H groups in total. The molecule has 3 rings (SSSR count). The number of fused-ring (bicyclic) bond motifs is 1. The zero-order valence-electron chi connectivity index (χ0n) is 10.7. The number of carbonyl (C=O) groups excluding carboxylic acids is 2. The summed E-state index contributed by atoms with van der Waals surface area (Å²) >= 11 is 3.03. The van der Waals surface area contributed by atoms with Gasteiger partial charge in [-0.15, -0.1) is 0 Å². The molecule has 1 fully saturated rings. The van der Waals surface area contributed by atoms with E-state index in [0.717, 1.165) is 19.4 Å². The number of Topliss-reactive ketones (excluding diaryl/α,β-unsaturated/α-hetero) is 1. The summed E-state index contributed by atoms with van der Waals surface area (Å²) < 4.78 is 19.3. The molecule has 20 heavy (non-hydrogen) atoms. The first-order chi connectivity index (χ1) is 9.58. The Hall–Kier alpha value is -1.27. The van der Waals surface area contributed by atoms with Gasteiger partial charge in [0.05, 0.1) is 21.8 Å². The van der Waals surface area contributed by atoms with Crippen molar-refractivity contribution >= 4 is 33.3 Å². The number of carbonyl (C=O) groups is 2. The lowest BCUT2D eigenvalue weighted by Crippen LogP contribution is -2.32. The zero-order valence-corrected chi connectivity index (χ0v) is 12.3. The number of ketones is 1. The maximum atomic E-state index is 13.6. The Morgan fingerprint density at radius 2 is 2.20 bits per heavy atom. The maximum Gasteiger partial charge on any atom is 0.299 e. The molecule has 1 aromatic rings. The van der Waals surface area contributed by atoms with Crippen molar-refractivity contribution in [2.75, 3.05) is 18.1 Å². The van der Waals surface area contributed by atoms with Crippen molar-refractivity contribution in [1.29, 1.82) is 0 Å². The summed E-state index contributed by atoms with van der Waals surface area (Å²) in [4.78, 5) is 25.2. The summed E-state index contributed by atoms with van der Waals surface area (Å²) in [6.45, 7) is 1.12. The highest BCUT2D eigenvalue weighted by molar-refractivity contribution is 9.10. The standard InChI is InChI=1S/C14H13BrFNO3/c15-10-6-9-12(7-11(10)16)17(14(19)13(9)18)4-3-8-2-1-5-20-8/h6-8H,1-5H2. The Kier molecular flexibility index (Phi) is 3.60. The molecule has 0 bridgehead atoms. The minimum absolute atomic E-state index is 0.127. The molecule has 0 spiro atoms. The number of ether oxygens (including phenoxy) is 1. The van der Waals surface area contributed by atoms with Gasteiger partial charge in [0.25, 0.3) is 11.7 Å². The predicted molar refractivity (Wildman–Crippen MR) is 74.4 cm³/mol. The first-order valence-electron chi connectivity index (χ1n) is 6.55. The smallest absolute Gasteiger partial charge is 0.299 e. The SMILES string of the molecule is O=C1C(=O)N(CCC2CCCO2)c2cc(F)c(Br)cc21. The summed E-state index contributed by atoms with van der Waals surface area (Å²) in [7, 11) is 0. The lowest BCUT2D eigenvalue weighted by molar-refractivity contribution is -0.114. The molecule has 2 aliphatic rings. The molecular formula is C14H13BrFNO3. The molecule has 2 aliphatic heterocycles. The predicted octanol–water partition coefficient (Wildman–Crippen LogP) is 2.69. The fourth-order valence-electron chi connectivity index (χ4n) is 2.66. The largest absolute Gasteiger partial charge is 0.378 e. The van der Waals surface area contributed by atoms with Crippen LogP contribution in [-0.2, 0) is 9.53 Å². The second-order valence-corrected chi connectivity index (χ2v) is 5.85. The summed E-state index contributed by atoms with van der Waals surface area (Å²) in [5.74, 6) is -1.64. The second-order valence-electron chi connectivity index (χ2n) is 4.99. The molecule has 0 aromatic heterocycles. The minimum Gasteiger partial charge on any atom is -0.378 e. The molecule has 0 saturated carbocycles. The van der Waals surface area contributed by atoms with Crippen LogP contribution in [0.25, 0.3) is 0 Å². The Labute approximate surface area is 124 Å². The van der Waals surface area contributed by atoms with E-state index in [1.165, 1.54) is 17.0 Å². The molecule has 6 heteroatoms. The van der Waals surface area contributed by atoms with Gasteiger partial charge >= 0.3 is 0 Å². The Morgan fingerprint density at radius 1 is 1.40 bits per heavy atom. The van der Waals surface area contributed by atoms with Crippen LogP contribution < -0.4 is 4.90 Å². The molecule has 0 radical (unpaired) electrons. The van der Waals surface area contributed by atoms with Crippen molar-refractivity contribution in [3.63, 3.8) is 0 Å². The van der Waals surface area contributed by atoms with Crippen LogP contribution in [0.4, 0.5) is 10.1 Å². The first-order valence-corrected chi connectivity index (χ1v) is 7.34. The molecule has 106 valence electrons. The Bertz CT molecular complexity index is 584. The van der Waals surface area contributed by atoms with Crippen molar-refractivity contribution in [2.45, 2.75) is 25.4 Å². The molecule has 1 unspecified atom stereocenters. The molecule has 1 saturated heterocycles. The van der Waals surface area contributed by atoms with Crippen molar-refractivity contribution < 1.29 is 18.7 Å². The third kappa shape index (κ3) is 2.27. The summed E-state index contributed by atoms with van der Waals surface area (Å²) in [6.07, 6.45) is 2.78. The average molecular weight is 342 g/mol. The van der Waals surface area contributed by atoms with Crippen LogP contribution in [-0.4, -0.2) is 30.9 Å². The molecule has 4 nitrogen and oxygen atoms in total. The number of hydrogen-bond acceptors (Lipinski definition) is 3. The van der Waals surface area contributed by atoms with Gasteiger partial charge in [-0.2, -0.15) is 0 Å². The van der Waals surface area contributed by atoms with E-state index < -0.39 is 17.5 Å². The van der Waals surface area contributed by atoms with Crippen molar-refractivity contribution in [3.05, 3.63) is 28.0 Å². The van der Waals surface area contributed by atoms with E-state index in [4.69, 9.17) is 4.74 Å². The summed E-state index contributed by atoms with van der Waals surface area (Å²) in [5.41, 5.74) is 0.620. The van der Waals surface area contributed by atoms with E-state index >= 15 is 0 Å². The molecular weight excluding hydrogens is 329 g/mol. The third-order valence-electron chi connectivity index (χ3n) is 3.71. The van der Waals surface area contributed by atoms with Crippen LogP contribution in [0.15, 0.2) is 16.6 Å². The Morgan fingerprint density at radius 3 is 2.90 bits per heavy atom. The number of rotatable bonds is 3. The number of halogens is 2. The highest BCUT2D eigenvalue weighted by Crippen LogP contribution is 2.33. The van der Waals surface area contributed by atoms with Crippen LogP contribution in [0.5, 0.6) is 0 Å². The lowest BCUT2D eigenvalue weighted by atomic mass is 10.1. The van der Waals surface area contributed by atoms with Crippen molar-refractivity contribution in [2.24, 2.45) is 0 Å². The van der Waals surface area contributed by atoms with Crippen LogP contribution in [0, 0.1) is 5.82 Å². The average Bonchev–Trinajstić information content (AvgIpc) is 3.00. The monoisotopic (exact) mass is 341 g/mol. The van der Waals surface area contributed by atoms with E-state index in [-0.39, 0.29) is 16.1 Å². The molecule has 1 amide bonds. The highest BCUT2D eigenvalue weighted by Gasteiger charge is 2.37. The zero-order chi connectivity index (χ0) is 14.3. The summed E-state index contributed by atoms with van der Waals surface area (Å²) in [6, 6.07) is 2.61. The quantitative estimate of drug-likeness (QED) is 0.794. The van der Waals surface area contributed by atoms with Gasteiger partial charge in [0, 0.05) is 13.2 Å². The number of benzene rings is 1. The van der Waals surface area contributed by atoms with E-state index in [2.05, 4.69) is 15.9 Å². The molecule has 2 heterocycles.